The van der Waals surface area contributed by atoms with Crippen LogP contribution in [0.4, 0.5) is 5.69 Å². The van der Waals surface area contributed by atoms with E-state index < -0.39 is 11.3 Å². The van der Waals surface area contributed by atoms with Crippen molar-refractivity contribution < 1.29 is 9.59 Å². The van der Waals surface area contributed by atoms with E-state index in [0.717, 1.165) is 11.3 Å². The van der Waals surface area contributed by atoms with Gasteiger partial charge in [-0.3, -0.25) is 9.59 Å². The highest BCUT2D eigenvalue weighted by Gasteiger charge is 2.42. The molecule has 2 rings (SSSR count). The van der Waals surface area contributed by atoms with Crippen LogP contribution in [-0.4, -0.2) is 18.9 Å². The van der Waals surface area contributed by atoms with Crippen molar-refractivity contribution in [1.29, 1.82) is 0 Å². The van der Waals surface area contributed by atoms with Crippen molar-refractivity contribution in [3.05, 3.63) is 29.3 Å². The highest BCUT2D eigenvalue weighted by atomic mass is 16.2. The molecule has 16 heavy (non-hydrogen) atoms. The summed E-state index contributed by atoms with van der Waals surface area (Å²) in [5, 5.41) is 0. The predicted octanol–water partition coefficient (Wildman–Crippen LogP) is 1.04. The topological polar surface area (TPSA) is 63.4 Å². The third kappa shape index (κ3) is 1.23. The number of carbonyl (C=O) groups excluding carboxylic acids is 2. The van der Waals surface area contributed by atoms with E-state index in [1.807, 2.05) is 13.8 Å². The van der Waals surface area contributed by atoms with Gasteiger partial charge in [-0.05, 0) is 31.5 Å². The lowest BCUT2D eigenvalue weighted by Crippen LogP contribution is -2.33. The van der Waals surface area contributed by atoms with E-state index in [-0.39, 0.29) is 5.91 Å². The molecule has 0 radical (unpaired) electrons. The Labute approximate surface area is 94.0 Å². The van der Waals surface area contributed by atoms with E-state index in [2.05, 4.69) is 0 Å². The van der Waals surface area contributed by atoms with E-state index in [1.54, 1.807) is 30.1 Å². The summed E-state index contributed by atoms with van der Waals surface area (Å²) in [6.45, 7) is 3.75. The lowest BCUT2D eigenvalue weighted by Gasteiger charge is -2.16. The van der Waals surface area contributed by atoms with E-state index in [4.69, 9.17) is 5.73 Å². The molecule has 84 valence electrons. The van der Waals surface area contributed by atoms with Crippen LogP contribution in [0.15, 0.2) is 18.2 Å². The molecule has 2 amide bonds. The minimum absolute atomic E-state index is 0.0316. The Morgan fingerprint density at radius 3 is 2.56 bits per heavy atom. The fourth-order valence-electron chi connectivity index (χ4n) is 2.13. The van der Waals surface area contributed by atoms with Crippen LogP contribution >= 0.6 is 0 Å². The van der Waals surface area contributed by atoms with Crippen molar-refractivity contribution in [2.24, 2.45) is 5.73 Å². The number of hydrogen-bond acceptors (Lipinski definition) is 2. The van der Waals surface area contributed by atoms with Gasteiger partial charge in [0, 0.05) is 18.3 Å². The number of hydrogen-bond donors (Lipinski definition) is 1. The number of anilines is 1. The third-order valence-electron chi connectivity index (χ3n) is 3.16. The van der Waals surface area contributed by atoms with E-state index in [9.17, 15) is 9.59 Å². The first-order chi connectivity index (χ1) is 7.35. The Morgan fingerprint density at radius 2 is 2.00 bits per heavy atom. The second kappa shape index (κ2) is 3.07. The molecule has 1 aromatic rings. The standard InChI is InChI=1S/C12H14N2O2/c1-12(2)8-5-4-7(10(13)15)6-9(8)14(3)11(12)16/h4-6H,1-3H3,(H2,13,15). The zero-order valence-electron chi connectivity index (χ0n) is 9.57. The Kier molecular flexibility index (Phi) is 2.05. The van der Waals surface area contributed by atoms with E-state index in [1.165, 1.54) is 0 Å². The van der Waals surface area contributed by atoms with Gasteiger partial charge in [-0.2, -0.15) is 0 Å². The molecule has 0 unspecified atom stereocenters. The van der Waals surface area contributed by atoms with Gasteiger partial charge in [0.1, 0.15) is 0 Å². The number of nitrogens with two attached hydrogens (primary N) is 1. The van der Waals surface area contributed by atoms with Crippen molar-refractivity contribution >= 4 is 17.5 Å². The maximum atomic E-state index is 12.0. The molecular formula is C12H14N2O2. The zero-order chi connectivity index (χ0) is 12.1. The van der Waals surface area contributed by atoms with Gasteiger partial charge in [0.2, 0.25) is 11.8 Å². The molecule has 0 aliphatic carbocycles. The highest BCUT2D eigenvalue weighted by Crippen LogP contribution is 2.40. The fourth-order valence-corrected chi connectivity index (χ4v) is 2.13. The second-order valence-electron chi connectivity index (χ2n) is 4.59. The monoisotopic (exact) mass is 218 g/mol. The Hall–Kier alpha value is -1.84. The summed E-state index contributed by atoms with van der Waals surface area (Å²) in [6.07, 6.45) is 0. The SMILES string of the molecule is CN1C(=O)C(C)(C)c2ccc(C(N)=O)cc21. The summed E-state index contributed by atoms with van der Waals surface area (Å²) in [5.74, 6) is -0.447. The number of fused-ring (bicyclic) bond motifs is 1. The molecule has 4 heteroatoms. The molecule has 0 saturated heterocycles. The molecule has 0 fully saturated rings. The average molecular weight is 218 g/mol. The number of carbonyl (C=O) groups is 2. The second-order valence-corrected chi connectivity index (χ2v) is 4.59. The molecule has 4 nitrogen and oxygen atoms in total. The molecule has 0 bridgehead atoms. The smallest absolute Gasteiger partial charge is 0.248 e. The molecule has 0 saturated carbocycles. The molecule has 2 N–H and O–H groups in total. The minimum Gasteiger partial charge on any atom is -0.366 e. The van der Waals surface area contributed by atoms with Crippen LogP contribution in [0, 0.1) is 0 Å². The van der Waals surface area contributed by atoms with Gasteiger partial charge >= 0.3 is 0 Å². The number of amides is 2. The van der Waals surface area contributed by atoms with E-state index >= 15 is 0 Å². The van der Waals surface area contributed by atoms with Crippen molar-refractivity contribution in [3.63, 3.8) is 0 Å². The van der Waals surface area contributed by atoms with Crippen LogP contribution in [0.25, 0.3) is 0 Å². The summed E-state index contributed by atoms with van der Waals surface area (Å²) in [4.78, 5) is 24.6. The first kappa shape index (κ1) is 10.7. The van der Waals surface area contributed by atoms with Crippen LogP contribution in [0.2, 0.25) is 0 Å². The number of nitrogens with zero attached hydrogens (tertiary/aromatic N) is 1. The van der Waals surface area contributed by atoms with Gasteiger partial charge in [-0.15, -0.1) is 0 Å². The number of primary amides is 1. The van der Waals surface area contributed by atoms with Crippen LogP contribution in [0.3, 0.4) is 0 Å². The minimum atomic E-state index is -0.528. The summed E-state index contributed by atoms with van der Waals surface area (Å²) in [5.41, 5.74) is 6.82. The largest absolute Gasteiger partial charge is 0.366 e. The summed E-state index contributed by atoms with van der Waals surface area (Å²) >= 11 is 0. The lowest BCUT2D eigenvalue weighted by atomic mass is 9.86. The quantitative estimate of drug-likeness (QED) is 0.765. The third-order valence-corrected chi connectivity index (χ3v) is 3.16. The Morgan fingerprint density at radius 1 is 1.38 bits per heavy atom. The first-order valence-corrected chi connectivity index (χ1v) is 5.08. The zero-order valence-corrected chi connectivity index (χ0v) is 9.57. The van der Waals surface area contributed by atoms with Gasteiger partial charge in [0.15, 0.2) is 0 Å². The average Bonchev–Trinajstić information content (AvgIpc) is 2.40. The van der Waals surface area contributed by atoms with Gasteiger partial charge in [0.05, 0.1) is 5.41 Å². The molecule has 1 heterocycles. The normalized spacial score (nSPS) is 17.4. The highest BCUT2D eigenvalue weighted by molar-refractivity contribution is 6.08. The van der Waals surface area contributed by atoms with Crippen LogP contribution in [-0.2, 0) is 10.2 Å². The maximum Gasteiger partial charge on any atom is 0.248 e. The lowest BCUT2D eigenvalue weighted by molar-refractivity contribution is -0.121. The molecule has 0 spiro atoms. The molecule has 0 atom stereocenters. The molecule has 1 aliphatic rings. The Balaban J connectivity index is 2.63. The van der Waals surface area contributed by atoms with Gasteiger partial charge in [0.25, 0.3) is 0 Å². The summed E-state index contributed by atoms with van der Waals surface area (Å²) in [7, 11) is 1.71. The molecule has 0 aromatic heterocycles. The first-order valence-electron chi connectivity index (χ1n) is 5.08. The fraction of sp³-hybridized carbons (Fsp3) is 0.333. The van der Waals surface area contributed by atoms with Crippen molar-refractivity contribution in [2.75, 3.05) is 11.9 Å². The number of benzene rings is 1. The Bertz CT molecular complexity index is 492. The van der Waals surface area contributed by atoms with Gasteiger partial charge in [-0.1, -0.05) is 6.07 Å². The summed E-state index contributed by atoms with van der Waals surface area (Å²) < 4.78 is 0. The van der Waals surface area contributed by atoms with Crippen LogP contribution in [0.5, 0.6) is 0 Å². The molecule has 1 aromatic carbocycles. The molecular weight excluding hydrogens is 204 g/mol. The van der Waals surface area contributed by atoms with Gasteiger partial charge in [-0.25, -0.2) is 0 Å². The van der Waals surface area contributed by atoms with Crippen LogP contribution < -0.4 is 10.6 Å². The predicted molar refractivity (Wildman–Crippen MR) is 61.4 cm³/mol. The van der Waals surface area contributed by atoms with Gasteiger partial charge < -0.3 is 10.6 Å². The summed E-state index contributed by atoms with van der Waals surface area (Å²) in [6, 6.07) is 5.14. The van der Waals surface area contributed by atoms with E-state index in [0.29, 0.717) is 5.56 Å². The van der Waals surface area contributed by atoms with Crippen molar-refractivity contribution in [1.82, 2.24) is 0 Å². The number of rotatable bonds is 1. The molecule has 1 aliphatic heterocycles. The van der Waals surface area contributed by atoms with Crippen LogP contribution in [0.1, 0.15) is 29.8 Å². The van der Waals surface area contributed by atoms with Crippen molar-refractivity contribution in [3.8, 4) is 0 Å². The number of likely N-dealkylation sites (N-methyl/N-ethyl adjacent to an activating group) is 1. The maximum absolute atomic E-state index is 12.0. The van der Waals surface area contributed by atoms with Crippen molar-refractivity contribution in [2.45, 2.75) is 19.3 Å².